The zero-order valence-corrected chi connectivity index (χ0v) is 12.3. The molecular formula is C15H23N5O. The van der Waals surface area contributed by atoms with Crippen molar-refractivity contribution in [2.24, 2.45) is 5.73 Å². The molecule has 0 spiro atoms. The number of likely N-dealkylation sites (tertiary alicyclic amines) is 1. The van der Waals surface area contributed by atoms with Crippen LogP contribution in [0.1, 0.15) is 25.0 Å². The van der Waals surface area contributed by atoms with Gasteiger partial charge in [-0.25, -0.2) is 9.97 Å². The number of piperidine rings is 1. The Morgan fingerprint density at radius 3 is 2.95 bits per heavy atom. The summed E-state index contributed by atoms with van der Waals surface area (Å²) in [5, 5.41) is 0. The molecule has 3 heterocycles. The molecule has 0 saturated carbocycles. The van der Waals surface area contributed by atoms with Gasteiger partial charge in [-0.1, -0.05) is 0 Å². The van der Waals surface area contributed by atoms with Gasteiger partial charge in [-0.15, -0.1) is 0 Å². The predicted molar refractivity (Wildman–Crippen MR) is 80.9 cm³/mol. The van der Waals surface area contributed by atoms with Crippen molar-refractivity contribution < 1.29 is 4.74 Å². The van der Waals surface area contributed by atoms with Crippen LogP contribution in [0.4, 0.5) is 0 Å². The molecular weight excluding hydrogens is 266 g/mol. The Labute approximate surface area is 124 Å². The number of rotatable bonds is 6. The van der Waals surface area contributed by atoms with Gasteiger partial charge < -0.3 is 10.5 Å². The van der Waals surface area contributed by atoms with E-state index in [-0.39, 0.29) is 0 Å². The minimum atomic E-state index is 0.399. The molecule has 6 nitrogen and oxygen atoms in total. The van der Waals surface area contributed by atoms with Crippen molar-refractivity contribution in [2.45, 2.75) is 31.9 Å². The first-order valence-corrected chi connectivity index (χ1v) is 7.68. The standard InChI is InChI=1S/C15H23N5O/c16-5-1-10-21-14-3-8-19(9-4-14)11-13-12-20-7-2-6-17-15(20)18-13/h2,6-7,12,14H,1,3-5,8-11,16H2. The van der Waals surface area contributed by atoms with Crippen molar-refractivity contribution in [3.63, 3.8) is 0 Å². The maximum absolute atomic E-state index is 5.83. The minimum Gasteiger partial charge on any atom is -0.378 e. The highest BCUT2D eigenvalue weighted by Crippen LogP contribution is 2.16. The molecule has 0 radical (unpaired) electrons. The van der Waals surface area contributed by atoms with Crippen LogP contribution in [0.3, 0.4) is 0 Å². The van der Waals surface area contributed by atoms with Gasteiger partial charge in [0.05, 0.1) is 11.8 Å². The van der Waals surface area contributed by atoms with Crippen molar-refractivity contribution in [1.29, 1.82) is 0 Å². The molecule has 1 saturated heterocycles. The van der Waals surface area contributed by atoms with Gasteiger partial charge in [0.15, 0.2) is 0 Å². The monoisotopic (exact) mass is 289 g/mol. The number of aromatic nitrogens is 3. The van der Waals surface area contributed by atoms with Crippen molar-refractivity contribution in [2.75, 3.05) is 26.2 Å². The van der Waals surface area contributed by atoms with Crippen LogP contribution >= 0.6 is 0 Å². The molecule has 0 aromatic carbocycles. The van der Waals surface area contributed by atoms with Gasteiger partial charge >= 0.3 is 0 Å². The lowest BCUT2D eigenvalue weighted by atomic mass is 10.1. The highest BCUT2D eigenvalue weighted by Gasteiger charge is 2.20. The second-order valence-corrected chi connectivity index (χ2v) is 5.55. The molecule has 21 heavy (non-hydrogen) atoms. The van der Waals surface area contributed by atoms with Crippen LogP contribution in [0.25, 0.3) is 5.78 Å². The van der Waals surface area contributed by atoms with Crippen LogP contribution in [0, 0.1) is 0 Å². The highest BCUT2D eigenvalue weighted by molar-refractivity contribution is 5.29. The maximum atomic E-state index is 5.83. The fraction of sp³-hybridized carbons (Fsp3) is 0.600. The van der Waals surface area contributed by atoms with E-state index >= 15 is 0 Å². The lowest BCUT2D eigenvalue weighted by molar-refractivity contribution is 0.00543. The summed E-state index contributed by atoms with van der Waals surface area (Å²) in [4.78, 5) is 11.2. The molecule has 2 aromatic heterocycles. The molecule has 2 N–H and O–H groups in total. The SMILES string of the molecule is NCCCOC1CCN(Cc2cn3cccnc3n2)CC1. The normalized spacial score (nSPS) is 17.6. The number of nitrogens with two attached hydrogens (primary N) is 1. The second-order valence-electron chi connectivity index (χ2n) is 5.55. The zero-order valence-electron chi connectivity index (χ0n) is 12.3. The van der Waals surface area contributed by atoms with Gasteiger partial charge in [0.2, 0.25) is 5.78 Å². The summed E-state index contributed by atoms with van der Waals surface area (Å²) in [6.07, 6.45) is 9.36. The van der Waals surface area contributed by atoms with Crippen molar-refractivity contribution in [1.82, 2.24) is 19.3 Å². The number of fused-ring (bicyclic) bond motifs is 1. The first-order chi connectivity index (χ1) is 10.3. The summed E-state index contributed by atoms with van der Waals surface area (Å²) < 4.78 is 7.80. The van der Waals surface area contributed by atoms with Crippen LogP contribution in [-0.2, 0) is 11.3 Å². The molecule has 3 rings (SSSR count). The Morgan fingerprint density at radius 2 is 2.19 bits per heavy atom. The predicted octanol–water partition coefficient (Wildman–Crippen LogP) is 1.06. The van der Waals surface area contributed by atoms with Crippen LogP contribution in [0.2, 0.25) is 0 Å². The molecule has 114 valence electrons. The van der Waals surface area contributed by atoms with Crippen LogP contribution in [0.15, 0.2) is 24.7 Å². The third-order valence-corrected chi connectivity index (χ3v) is 3.91. The summed E-state index contributed by atoms with van der Waals surface area (Å²) in [6.45, 7) is 4.52. The molecule has 0 atom stereocenters. The van der Waals surface area contributed by atoms with Gasteiger partial charge in [0, 0.05) is 44.8 Å². The van der Waals surface area contributed by atoms with E-state index in [4.69, 9.17) is 10.5 Å². The molecule has 1 aliphatic heterocycles. The summed E-state index contributed by atoms with van der Waals surface area (Å²) in [5.74, 6) is 0.771. The first-order valence-electron chi connectivity index (χ1n) is 7.68. The molecule has 1 aliphatic rings. The van der Waals surface area contributed by atoms with Gasteiger partial charge in [-0.2, -0.15) is 0 Å². The first kappa shape index (κ1) is 14.4. The average molecular weight is 289 g/mol. The summed E-state index contributed by atoms with van der Waals surface area (Å²) in [7, 11) is 0. The Kier molecular flexibility index (Phi) is 4.80. The smallest absolute Gasteiger partial charge is 0.233 e. The molecule has 0 amide bonds. The van der Waals surface area contributed by atoms with E-state index in [0.29, 0.717) is 12.6 Å². The summed E-state index contributed by atoms with van der Waals surface area (Å²) in [5.41, 5.74) is 6.56. The van der Waals surface area contributed by atoms with E-state index in [1.807, 2.05) is 16.7 Å². The minimum absolute atomic E-state index is 0.399. The molecule has 1 fully saturated rings. The highest BCUT2D eigenvalue weighted by atomic mass is 16.5. The maximum Gasteiger partial charge on any atom is 0.233 e. The number of imidazole rings is 1. The van der Waals surface area contributed by atoms with Gasteiger partial charge in [-0.3, -0.25) is 9.30 Å². The van der Waals surface area contributed by atoms with Crippen LogP contribution < -0.4 is 5.73 Å². The molecule has 2 aromatic rings. The van der Waals surface area contributed by atoms with E-state index in [1.54, 1.807) is 6.20 Å². The number of ether oxygens (including phenoxy) is 1. The van der Waals surface area contributed by atoms with Crippen molar-refractivity contribution in [3.8, 4) is 0 Å². The van der Waals surface area contributed by atoms with E-state index in [2.05, 4.69) is 21.1 Å². The Balaban J connectivity index is 1.48. The van der Waals surface area contributed by atoms with E-state index in [1.165, 1.54) is 0 Å². The Hall–Kier alpha value is -1.50. The Morgan fingerprint density at radius 1 is 1.33 bits per heavy atom. The van der Waals surface area contributed by atoms with E-state index in [0.717, 1.165) is 57.0 Å². The number of hydrogen-bond donors (Lipinski definition) is 1. The third kappa shape index (κ3) is 3.78. The van der Waals surface area contributed by atoms with Gasteiger partial charge in [-0.05, 0) is 31.9 Å². The lowest BCUT2D eigenvalue weighted by Crippen LogP contribution is -2.36. The molecule has 6 heteroatoms. The van der Waals surface area contributed by atoms with E-state index < -0.39 is 0 Å². The van der Waals surface area contributed by atoms with E-state index in [9.17, 15) is 0 Å². The average Bonchev–Trinajstić information content (AvgIpc) is 2.91. The largest absolute Gasteiger partial charge is 0.378 e. The molecule has 0 unspecified atom stereocenters. The third-order valence-electron chi connectivity index (χ3n) is 3.91. The van der Waals surface area contributed by atoms with Gasteiger partial charge in [0.1, 0.15) is 0 Å². The number of hydrogen-bond acceptors (Lipinski definition) is 5. The van der Waals surface area contributed by atoms with Crippen molar-refractivity contribution in [3.05, 3.63) is 30.4 Å². The second kappa shape index (κ2) is 6.98. The molecule has 0 bridgehead atoms. The quantitative estimate of drug-likeness (QED) is 0.805. The zero-order chi connectivity index (χ0) is 14.5. The summed E-state index contributed by atoms with van der Waals surface area (Å²) in [6, 6.07) is 1.92. The fourth-order valence-corrected chi connectivity index (χ4v) is 2.75. The topological polar surface area (TPSA) is 68.7 Å². The fourth-order valence-electron chi connectivity index (χ4n) is 2.75. The van der Waals surface area contributed by atoms with Gasteiger partial charge in [0.25, 0.3) is 0 Å². The van der Waals surface area contributed by atoms with Crippen LogP contribution in [0.5, 0.6) is 0 Å². The molecule has 0 aliphatic carbocycles. The van der Waals surface area contributed by atoms with Crippen molar-refractivity contribution >= 4 is 5.78 Å². The number of nitrogens with zero attached hydrogens (tertiary/aromatic N) is 4. The van der Waals surface area contributed by atoms with Crippen LogP contribution in [-0.4, -0.2) is 51.6 Å². The summed E-state index contributed by atoms with van der Waals surface area (Å²) >= 11 is 0. The Bertz CT molecular complexity index is 529. The lowest BCUT2D eigenvalue weighted by Gasteiger charge is -2.31.